The molecule has 0 saturated heterocycles. The number of rotatable bonds is 4. The molecule has 1 aliphatic rings. The van der Waals surface area contributed by atoms with E-state index in [-0.39, 0.29) is 0 Å². The lowest BCUT2D eigenvalue weighted by Crippen LogP contribution is -2.25. The molecule has 0 spiro atoms. The lowest BCUT2D eigenvalue weighted by molar-refractivity contribution is 0.165. The summed E-state index contributed by atoms with van der Waals surface area (Å²) in [4.78, 5) is 0.678. The summed E-state index contributed by atoms with van der Waals surface area (Å²) < 4.78 is 5.21. The SMILES string of the molecule is COCCC1CC(c2ccccc2)CCC1Br. The molecule has 2 rings (SSSR count). The van der Waals surface area contributed by atoms with Gasteiger partial charge < -0.3 is 4.74 Å². The highest BCUT2D eigenvalue weighted by atomic mass is 79.9. The van der Waals surface area contributed by atoms with Gasteiger partial charge in [0.2, 0.25) is 0 Å². The molecule has 0 amide bonds. The molecule has 0 N–H and O–H groups in total. The lowest BCUT2D eigenvalue weighted by atomic mass is 9.77. The van der Waals surface area contributed by atoms with Crippen molar-refractivity contribution >= 4 is 15.9 Å². The van der Waals surface area contributed by atoms with Crippen molar-refractivity contribution in [2.24, 2.45) is 5.92 Å². The van der Waals surface area contributed by atoms with Gasteiger partial charge in [-0.15, -0.1) is 0 Å². The van der Waals surface area contributed by atoms with Gasteiger partial charge in [-0.1, -0.05) is 46.3 Å². The highest BCUT2D eigenvalue weighted by Gasteiger charge is 2.29. The van der Waals surface area contributed by atoms with Crippen molar-refractivity contribution in [3.8, 4) is 0 Å². The Kier molecular flexibility index (Phi) is 5.05. The average Bonchev–Trinajstić information content (AvgIpc) is 2.39. The summed E-state index contributed by atoms with van der Waals surface area (Å²) in [5.74, 6) is 1.50. The van der Waals surface area contributed by atoms with Crippen molar-refractivity contribution in [1.29, 1.82) is 0 Å². The molecule has 2 heteroatoms. The fourth-order valence-electron chi connectivity index (χ4n) is 2.82. The summed E-state index contributed by atoms with van der Waals surface area (Å²) in [5.41, 5.74) is 1.51. The molecule has 1 saturated carbocycles. The summed E-state index contributed by atoms with van der Waals surface area (Å²) in [6.45, 7) is 0.883. The van der Waals surface area contributed by atoms with E-state index in [1.807, 2.05) is 0 Å². The largest absolute Gasteiger partial charge is 0.385 e. The highest BCUT2D eigenvalue weighted by molar-refractivity contribution is 9.09. The molecular weight excluding hydrogens is 276 g/mol. The van der Waals surface area contributed by atoms with E-state index in [1.54, 1.807) is 7.11 Å². The topological polar surface area (TPSA) is 9.23 Å². The molecule has 0 radical (unpaired) electrons. The Morgan fingerprint density at radius 1 is 1.24 bits per heavy atom. The third-order valence-corrected chi connectivity index (χ3v) is 5.06. The van der Waals surface area contributed by atoms with Crippen LogP contribution in [0.2, 0.25) is 0 Å². The first-order valence-electron chi connectivity index (χ1n) is 6.49. The highest BCUT2D eigenvalue weighted by Crippen LogP contribution is 2.40. The Balaban J connectivity index is 1.97. The smallest absolute Gasteiger partial charge is 0.0465 e. The van der Waals surface area contributed by atoms with Crippen LogP contribution in [-0.4, -0.2) is 18.5 Å². The van der Waals surface area contributed by atoms with Crippen LogP contribution in [-0.2, 0) is 4.74 Å². The van der Waals surface area contributed by atoms with Crippen LogP contribution >= 0.6 is 15.9 Å². The fourth-order valence-corrected chi connectivity index (χ4v) is 3.57. The monoisotopic (exact) mass is 296 g/mol. The number of halogens is 1. The molecule has 1 aromatic carbocycles. The Labute approximate surface area is 113 Å². The Morgan fingerprint density at radius 3 is 2.71 bits per heavy atom. The molecule has 94 valence electrons. The first-order chi connectivity index (χ1) is 8.31. The van der Waals surface area contributed by atoms with E-state index in [2.05, 4.69) is 46.3 Å². The molecular formula is C15H21BrO. The summed E-state index contributed by atoms with van der Waals surface area (Å²) in [6, 6.07) is 10.9. The van der Waals surface area contributed by atoms with Crippen molar-refractivity contribution in [3.63, 3.8) is 0 Å². The van der Waals surface area contributed by atoms with E-state index < -0.39 is 0 Å². The molecule has 0 aromatic heterocycles. The van der Waals surface area contributed by atoms with E-state index >= 15 is 0 Å². The zero-order valence-corrected chi connectivity index (χ0v) is 12.0. The van der Waals surface area contributed by atoms with Crippen LogP contribution in [0.1, 0.15) is 37.2 Å². The fraction of sp³-hybridized carbons (Fsp3) is 0.600. The standard InChI is InChI=1S/C15H21BrO/c1-17-10-9-14-11-13(7-8-15(14)16)12-5-3-2-4-6-12/h2-6,13-15H,7-11H2,1H3. The van der Waals surface area contributed by atoms with Gasteiger partial charge >= 0.3 is 0 Å². The lowest BCUT2D eigenvalue weighted by Gasteiger charge is -2.33. The van der Waals surface area contributed by atoms with E-state index in [0.29, 0.717) is 4.83 Å². The van der Waals surface area contributed by atoms with E-state index in [1.165, 1.54) is 31.2 Å². The van der Waals surface area contributed by atoms with Gasteiger partial charge in [0.1, 0.15) is 0 Å². The molecule has 1 aliphatic carbocycles. The Bertz CT molecular complexity index is 325. The second-order valence-electron chi connectivity index (χ2n) is 4.98. The summed E-state index contributed by atoms with van der Waals surface area (Å²) in [5, 5.41) is 0. The minimum atomic E-state index is 0.678. The van der Waals surface area contributed by atoms with Crippen molar-refractivity contribution in [2.45, 2.75) is 36.4 Å². The van der Waals surface area contributed by atoms with Crippen LogP contribution in [0, 0.1) is 5.92 Å². The third kappa shape index (κ3) is 3.56. The minimum absolute atomic E-state index is 0.678. The molecule has 0 bridgehead atoms. The molecule has 1 aromatic rings. The van der Waals surface area contributed by atoms with Crippen LogP contribution in [0.25, 0.3) is 0 Å². The molecule has 0 aliphatic heterocycles. The summed E-state index contributed by atoms with van der Waals surface area (Å²) in [6.07, 6.45) is 5.07. The molecule has 17 heavy (non-hydrogen) atoms. The van der Waals surface area contributed by atoms with Gasteiger partial charge in [-0.2, -0.15) is 0 Å². The predicted octanol–water partition coefficient (Wildman–Crippen LogP) is 4.37. The van der Waals surface area contributed by atoms with Crippen LogP contribution < -0.4 is 0 Å². The van der Waals surface area contributed by atoms with Crippen LogP contribution in [0.5, 0.6) is 0 Å². The first kappa shape index (κ1) is 13.1. The third-order valence-electron chi connectivity index (χ3n) is 3.85. The van der Waals surface area contributed by atoms with E-state index in [0.717, 1.165) is 18.4 Å². The number of hydrogen-bond donors (Lipinski definition) is 0. The van der Waals surface area contributed by atoms with Gasteiger partial charge in [-0.25, -0.2) is 0 Å². The Hall–Kier alpha value is -0.340. The van der Waals surface area contributed by atoms with Gasteiger partial charge in [0.15, 0.2) is 0 Å². The van der Waals surface area contributed by atoms with Crippen LogP contribution in [0.3, 0.4) is 0 Å². The quantitative estimate of drug-likeness (QED) is 0.750. The summed E-state index contributed by atoms with van der Waals surface area (Å²) >= 11 is 3.83. The molecule has 3 unspecified atom stereocenters. The zero-order valence-electron chi connectivity index (χ0n) is 10.4. The maximum absolute atomic E-state index is 5.21. The molecule has 3 atom stereocenters. The normalized spacial score (nSPS) is 29.2. The van der Waals surface area contributed by atoms with Crippen LogP contribution in [0.4, 0.5) is 0 Å². The number of hydrogen-bond acceptors (Lipinski definition) is 1. The molecule has 1 fully saturated rings. The number of alkyl halides is 1. The van der Waals surface area contributed by atoms with Crippen molar-refractivity contribution in [1.82, 2.24) is 0 Å². The van der Waals surface area contributed by atoms with Gasteiger partial charge in [-0.3, -0.25) is 0 Å². The zero-order chi connectivity index (χ0) is 12.1. The second-order valence-corrected chi connectivity index (χ2v) is 6.15. The number of benzene rings is 1. The van der Waals surface area contributed by atoms with Gasteiger partial charge in [0, 0.05) is 18.5 Å². The predicted molar refractivity (Wildman–Crippen MR) is 75.7 cm³/mol. The molecule has 0 heterocycles. The Morgan fingerprint density at radius 2 is 2.00 bits per heavy atom. The maximum atomic E-state index is 5.21. The van der Waals surface area contributed by atoms with E-state index in [4.69, 9.17) is 4.74 Å². The number of ether oxygens (including phenoxy) is 1. The first-order valence-corrected chi connectivity index (χ1v) is 7.40. The average molecular weight is 297 g/mol. The van der Waals surface area contributed by atoms with E-state index in [9.17, 15) is 0 Å². The van der Waals surface area contributed by atoms with Crippen molar-refractivity contribution in [2.75, 3.05) is 13.7 Å². The van der Waals surface area contributed by atoms with Gasteiger partial charge in [0.25, 0.3) is 0 Å². The van der Waals surface area contributed by atoms with Crippen LogP contribution in [0.15, 0.2) is 30.3 Å². The maximum Gasteiger partial charge on any atom is 0.0465 e. The van der Waals surface area contributed by atoms with Gasteiger partial charge in [0.05, 0.1) is 0 Å². The molecule has 1 nitrogen and oxygen atoms in total. The van der Waals surface area contributed by atoms with Crippen molar-refractivity contribution < 1.29 is 4.74 Å². The number of methoxy groups -OCH3 is 1. The summed E-state index contributed by atoms with van der Waals surface area (Å²) in [7, 11) is 1.79. The van der Waals surface area contributed by atoms with Gasteiger partial charge in [-0.05, 0) is 43.1 Å². The second kappa shape index (κ2) is 6.55. The minimum Gasteiger partial charge on any atom is -0.385 e. The van der Waals surface area contributed by atoms with Crippen molar-refractivity contribution in [3.05, 3.63) is 35.9 Å².